The highest BCUT2D eigenvalue weighted by Gasteiger charge is 2.31. The quantitative estimate of drug-likeness (QED) is 0.718. The van der Waals surface area contributed by atoms with E-state index in [1.54, 1.807) is 0 Å². The van der Waals surface area contributed by atoms with Gasteiger partial charge in [0.2, 0.25) is 0 Å². The minimum absolute atomic E-state index is 0.0320. The molecule has 1 aromatic heterocycles. The van der Waals surface area contributed by atoms with Crippen molar-refractivity contribution in [1.82, 2.24) is 15.6 Å². The van der Waals surface area contributed by atoms with Crippen LogP contribution in [0.25, 0.3) is 0 Å². The lowest BCUT2D eigenvalue weighted by Crippen LogP contribution is -2.35. The number of aromatic amines is 1. The molecule has 0 bridgehead atoms. The SMILES string of the molecule is CCC1(CNCc2csc(=O)[nH]2)CCNC1. The monoisotopic (exact) mass is 241 g/mol. The zero-order chi connectivity index (χ0) is 11.4. The van der Waals surface area contributed by atoms with Gasteiger partial charge in [0.25, 0.3) is 0 Å². The Hall–Kier alpha value is -0.650. The first-order valence-electron chi connectivity index (χ1n) is 5.82. The van der Waals surface area contributed by atoms with Crippen LogP contribution >= 0.6 is 11.3 Å². The molecule has 0 amide bonds. The van der Waals surface area contributed by atoms with E-state index < -0.39 is 0 Å². The van der Waals surface area contributed by atoms with Gasteiger partial charge in [-0.25, -0.2) is 0 Å². The maximum atomic E-state index is 11.0. The molecule has 1 fully saturated rings. The van der Waals surface area contributed by atoms with E-state index >= 15 is 0 Å². The van der Waals surface area contributed by atoms with Crippen molar-refractivity contribution in [2.24, 2.45) is 5.41 Å². The summed E-state index contributed by atoms with van der Waals surface area (Å²) in [5.41, 5.74) is 1.41. The van der Waals surface area contributed by atoms with Crippen LogP contribution in [-0.2, 0) is 6.54 Å². The molecular weight excluding hydrogens is 222 g/mol. The average molecular weight is 241 g/mol. The third-order valence-corrected chi connectivity index (χ3v) is 4.19. The van der Waals surface area contributed by atoms with Crippen molar-refractivity contribution in [2.45, 2.75) is 26.3 Å². The van der Waals surface area contributed by atoms with E-state index in [0.29, 0.717) is 5.41 Å². The maximum Gasteiger partial charge on any atom is 0.304 e. The first kappa shape index (κ1) is 11.8. The largest absolute Gasteiger partial charge is 0.316 e. The van der Waals surface area contributed by atoms with Gasteiger partial charge in [-0.1, -0.05) is 18.3 Å². The van der Waals surface area contributed by atoms with Gasteiger partial charge >= 0.3 is 4.87 Å². The molecule has 5 heteroatoms. The molecule has 0 aliphatic carbocycles. The summed E-state index contributed by atoms with van der Waals surface area (Å²) in [5, 5.41) is 8.76. The predicted octanol–water partition coefficient (Wildman–Crippen LogP) is 0.916. The van der Waals surface area contributed by atoms with Crippen LogP contribution in [-0.4, -0.2) is 24.6 Å². The van der Waals surface area contributed by atoms with Gasteiger partial charge in [0.05, 0.1) is 0 Å². The number of thiazole rings is 1. The molecule has 1 atom stereocenters. The fraction of sp³-hybridized carbons (Fsp3) is 0.727. The van der Waals surface area contributed by atoms with Gasteiger partial charge in [0.15, 0.2) is 0 Å². The molecule has 16 heavy (non-hydrogen) atoms. The van der Waals surface area contributed by atoms with Crippen LogP contribution in [0.15, 0.2) is 10.2 Å². The van der Waals surface area contributed by atoms with E-state index in [-0.39, 0.29) is 4.87 Å². The van der Waals surface area contributed by atoms with Crippen molar-refractivity contribution in [1.29, 1.82) is 0 Å². The molecule has 3 N–H and O–H groups in total. The molecule has 0 spiro atoms. The topological polar surface area (TPSA) is 56.9 Å². The molecule has 2 rings (SSSR count). The minimum Gasteiger partial charge on any atom is -0.316 e. The highest BCUT2D eigenvalue weighted by atomic mass is 32.1. The van der Waals surface area contributed by atoms with Gasteiger partial charge in [-0.2, -0.15) is 0 Å². The summed E-state index contributed by atoms with van der Waals surface area (Å²) in [4.78, 5) is 13.8. The third-order valence-electron chi connectivity index (χ3n) is 3.47. The van der Waals surface area contributed by atoms with Crippen LogP contribution in [0.2, 0.25) is 0 Å². The third kappa shape index (κ3) is 2.72. The molecule has 1 unspecified atom stereocenters. The van der Waals surface area contributed by atoms with Gasteiger partial charge in [0, 0.05) is 30.7 Å². The Morgan fingerprint density at radius 1 is 1.62 bits per heavy atom. The van der Waals surface area contributed by atoms with Crippen molar-refractivity contribution < 1.29 is 0 Å². The van der Waals surface area contributed by atoms with E-state index in [9.17, 15) is 4.79 Å². The number of hydrogen-bond acceptors (Lipinski definition) is 4. The molecule has 1 aliphatic rings. The number of aromatic nitrogens is 1. The Bertz CT molecular complexity index is 379. The Kier molecular flexibility index (Phi) is 3.78. The number of hydrogen-bond donors (Lipinski definition) is 3. The van der Waals surface area contributed by atoms with E-state index in [1.807, 2.05) is 5.38 Å². The summed E-state index contributed by atoms with van der Waals surface area (Å²) < 4.78 is 0. The first-order valence-corrected chi connectivity index (χ1v) is 6.70. The van der Waals surface area contributed by atoms with E-state index in [1.165, 1.54) is 24.2 Å². The Morgan fingerprint density at radius 3 is 3.06 bits per heavy atom. The Morgan fingerprint density at radius 2 is 2.50 bits per heavy atom. The smallest absolute Gasteiger partial charge is 0.304 e. The molecular formula is C11H19N3OS. The van der Waals surface area contributed by atoms with Gasteiger partial charge in [0.1, 0.15) is 0 Å². The number of rotatable bonds is 5. The molecule has 1 aromatic rings. The summed E-state index contributed by atoms with van der Waals surface area (Å²) in [5.74, 6) is 0. The van der Waals surface area contributed by atoms with Crippen molar-refractivity contribution in [3.8, 4) is 0 Å². The fourth-order valence-electron chi connectivity index (χ4n) is 2.24. The molecule has 0 aromatic carbocycles. The fourth-order valence-corrected chi connectivity index (χ4v) is 2.82. The zero-order valence-corrected chi connectivity index (χ0v) is 10.5. The lowest BCUT2D eigenvalue weighted by Gasteiger charge is -2.26. The summed E-state index contributed by atoms with van der Waals surface area (Å²) in [6.45, 7) is 6.28. The highest BCUT2D eigenvalue weighted by molar-refractivity contribution is 7.07. The zero-order valence-electron chi connectivity index (χ0n) is 9.64. The van der Waals surface area contributed by atoms with E-state index in [0.717, 1.165) is 31.9 Å². The average Bonchev–Trinajstić information content (AvgIpc) is 2.89. The Balaban J connectivity index is 1.80. The number of nitrogens with one attached hydrogen (secondary N) is 3. The lowest BCUT2D eigenvalue weighted by atomic mass is 9.84. The lowest BCUT2D eigenvalue weighted by molar-refractivity contribution is 0.291. The molecule has 90 valence electrons. The van der Waals surface area contributed by atoms with Gasteiger partial charge < -0.3 is 15.6 Å². The summed E-state index contributed by atoms with van der Waals surface area (Å²) >= 11 is 1.23. The predicted molar refractivity (Wildman–Crippen MR) is 66.9 cm³/mol. The van der Waals surface area contributed by atoms with Gasteiger partial charge in [-0.15, -0.1) is 0 Å². The number of H-pyrrole nitrogens is 1. The van der Waals surface area contributed by atoms with Crippen LogP contribution in [0.1, 0.15) is 25.5 Å². The second kappa shape index (κ2) is 5.12. The molecule has 0 radical (unpaired) electrons. The van der Waals surface area contributed by atoms with Crippen molar-refractivity contribution in [3.63, 3.8) is 0 Å². The van der Waals surface area contributed by atoms with Crippen LogP contribution in [0.4, 0.5) is 0 Å². The standard InChI is InChI=1S/C11H19N3OS/c1-2-11(3-4-12-7-11)8-13-5-9-6-16-10(15)14-9/h6,12-13H,2-5,7-8H2,1H3,(H,14,15). The van der Waals surface area contributed by atoms with Crippen LogP contribution in [0, 0.1) is 5.41 Å². The second-order valence-electron chi connectivity index (χ2n) is 4.56. The van der Waals surface area contributed by atoms with Crippen LogP contribution < -0.4 is 15.5 Å². The molecule has 4 nitrogen and oxygen atoms in total. The molecule has 2 heterocycles. The molecule has 1 saturated heterocycles. The maximum absolute atomic E-state index is 11.0. The summed E-state index contributed by atoms with van der Waals surface area (Å²) in [6, 6.07) is 0. The summed E-state index contributed by atoms with van der Waals surface area (Å²) in [6.07, 6.45) is 2.45. The second-order valence-corrected chi connectivity index (χ2v) is 5.40. The van der Waals surface area contributed by atoms with E-state index in [4.69, 9.17) is 0 Å². The van der Waals surface area contributed by atoms with Crippen molar-refractivity contribution in [3.05, 3.63) is 20.7 Å². The van der Waals surface area contributed by atoms with Gasteiger partial charge in [-0.3, -0.25) is 4.79 Å². The van der Waals surface area contributed by atoms with E-state index in [2.05, 4.69) is 22.5 Å². The van der Waals surface area contributed by atoms with Crippen molar-refractivity contribution in [2.75, 3.05) is 19.6 Å². The normalized spacial score (nSPS) is 25.1. The van der Waals surface area contributed by atoms with Crippen LogP contribution in [0.3, 0.4) is 0 Å². The molecule has 0 saturated carbocycles. The summed E-state index contributed by atoms with van der Waals surface area (Å²) in [7, 11) is 0. The minimum atomic E-state index is 0.0320. The van der Waals surface area contributed by atoms with Gasteiger partial charge in [-0.05, 0) is 24.8 Å². The Labute approximate surface area is 99.5 Å². The first-order chi connectivity index (χ1) is 7.74. The van der Waals surface area contributed by atoms with Crippen LogP contribution in [0.5, 0.6) is 0 Å². The van der Waals surface area contributed by atoms with Crippen molar-refractivity contribution >= 4 is 11.3 Å². The highest BCUT2D eigenvalue weighted by Crippen LogP contribution is 2.28. The molecule has 1 aliphatic heterocycles.